The predicted octanol–water partition coefficient (Wildman–Crippen LogP) is 5.57. The molecule has 1 aliphatic heterocycles. The molecule has 0 spiro atoms. The molecule has 0 amide bonds. The van der Waals surface area contributed by atoms with Gasteiger partial charge in [0, 0.05) is 11.6 Å². The number of allylic oxidation sites excluding steroid dienone is 1. The highest BCUT2D eigenvalue weighted by Gasteiger charge is 2.36. The Bertz CT molecular complexity index is 2340. The molecule has 14 heteroatoms. The third-order valence-electron chi connectivity index (χ3n) is 7.70. The van der Waals surface area contributed by atoms with Gasteiger partial charge in [0.25, 0.3) is 11.2 Å². The minimum Gasteiger partial charge on any atom is -0.496 e. The Kier molecular flexibility index (Phi) is 8.57. The second kappa shape index (κ2) is 12.9. The number of methoxy groups -OCH3 is 1. The summed E-state index contributed by atoms with van der Waals surface area (Å²) in [4.78, 5) is 53.7. The molecule has 5 aromatic rings. The van der Waals surface area contributed by atoms with Gasteiger partial charge in [0.1, 0.15) is 17.5 Å². The highest BCUT2D eigenvalue weighted by atomic mass is 32.1. The maximum absolute atomic E-state index is 14.2. The number of hydrogen-bond donors (Lipinski definition) is 0. The molecule has 0 saturated carbocycles. The fourth-order valence-corrected chi connectivity index (χ4v) is 6.61. The van der Waals surface area contributed by atoms with Crippen molar-refractivity contribution in [1.29, 1.82) is 0 Å². The Balaban J connectivity index is 1.44. The van der Waals surface area contributed by atoms with Crippen LogP contribution in [0.2, 0.25) is 0 Å². The number of ether oxygens (including phenoxy) is 3. The van der Waals surface area contributed by atoms with Crippen LogP contribution < -0.4 is 24.4 Å². The number of nitrogens with zero attached hydrogens (tertiary/aromatic N) is 4. The molecule has 0 bridgehead atoms. The quantitative estimate of drug-likeness (QED) is 0.111. The third kappa shape index (κ3) is 5.80. The average Bonchev–Trinajstić information content (AvgIpc) is 3.38. The lowest BCUT2D eigenvalue weighted by molar-refractivity contribution is -0.394. The van der Waals surface area contributed by atoms with Crippen LogP contribution in [0.25, 0.3) is 16.8 Å². The second-order valence-electron chi connectivity index (χ2n) is 10.5. The van der Waals surface area contributed by atoms with Crippen LogP contribution in [0.3, 0.4) is 0 Å². The number of thiazole rings is 1. The number of rotatable bonds is 9. The lowest BCUT2D eigenvalue weighted by Gasteiger charge is -2.27. The van der Waals surface area contributed by atoms with Gasteiger partial charge in [-0.2, -0.15) is 0 Å². The molecule has 0 saturated heterocycles. The first-order valence-corrected chi connectivity index (χ1v) is 15.4. The number of carbonyl (C=O) groups excluding carboxylic acids is 1. The lowest BCUT2D eigenvalue weighted by Crippen LogP contribution is -2.40. The first-order valence-electron chi connectivity index (χ1n) is 14.6. The third-order valence-corrected chi connectivity index (χ3v) is 8.68. The van der Waals surface area contributed by atoms with E-state index in [-0.39, 0.29) is 29.2 Å². The van der Waals surface area contributed by atoms with Crippen molar-refractivity contribution in [1.82, 2.24) is 4.57 Å². The SMILES string of the molecule is CCOC(=O)C1=C(C)N=c2s/c(=C\c3ccc(Oc4ccc([N+](=O)[O-])cc4[N+](=O)[O-])cc3)c(=O)n2[C@H]1c1c(OC)ccc2ccccc12. The van der Waals surface area contributed by atoms with Gasteiger partial charge >= 0.3 is 11.7 Å². The molecule has 242 valence electrons. The molecular weight excluding hydrogens is 640 g/mol. The summed E-state index contributed by atoms with van der Waals surface area (Å²) in [7, 11) is 1.53. The van der Waals surface area contributed by atoms with Crippen LogP contribution >= 0.6 is 11.3 Å². The lowest BCUT2D eigenvalue weighted by atomic mass is 9.90. The minimum atomic E-state index is -0.892. The zero-order valence-corrected chi connectivity index (χ0v) is 26.6. The molecule has 4 aromatic carbocycles. The Labute approximate surface area is 275 Å². The van der Waals surface area contributed by atoms with Crippen LogP contribution in [0, 0.1) is 20.2 Å². The number of benzene rings is 4. The van der Waals surface area contributed by atoms with Crippen molar-refractivity contribution in [2.75, 3.05) is 13.7 Å². The number of aromatic nitrogens is 1. The minimum absolute atomic E-state index is 0.136. The van der Waals surface area contributed by atoms with Crippen molar-refractivity contribution in [3.8, 4) is 17.2 Å². The maximum atomic E-state index is 14.2. The smallest absolute Gasteiger partial charge is 0.338 e. The molecule has 0 aliphatic carbocycles. The summed E-state index contributed by atoms with van der Waals surface area (Å²) in [6.45, 7) is 3.55. The zero-order chi connectivity index (χ0) is 34.1. The van der Waals surface area contributed by atoms with E-state index in [4.69, 9.17) is 14.2 Å². The summed E-state index contributed by atoms with van der Waals surface area (Å²) in [5.74, 6) is -0.0166. The fraction of sp³-hybridized carbons (Fsp3) is 0.147. The molecule has 1 aromatic heterocycles. The van der Waals surface area contributed by atoms with Crippen molar-refractivity contribution in [3.05, 3.63) is 141 Å². The molecule has 0 N–H and O–H groups in total. The highest BCUT2D eigenvalue weighted by Crippen LogP contribution is 2.40. The first-order chi connectivity index (χ1) is 23.1. The molecule has 0 unspecified atom stereocenters. The number of hydrogen-bond acceptors (Lipinski definition) is 11. The van der Waals surface area contributed by atoms with Crippen molar-refractivity contribution in [2.24, 2.45) is 4.99 Å². The average molecular weight is 667 g/mol. The molecule has 13 nitrogen and oxygen atoms in total. The largest absolute Gasteiger partial charge is 0.496 e. The zero-order valence-electron chi connectivity index (χ0n) is 25.7. The summed E-state index contributed by atoms with van der Waals surface area (Å²) in [6.07, 6.45) is 1.67. The number of nitro groups is 2. The van der Waals surface area contributed by atoms with E-state index in [1.54, 1.807) is 50.3 Å². The monoisotopic (exact) mass is 666 g/mol. The molecule has 48 heavy (non-hydrogen) atoms. The Morgan fingerprint density at radius 2 is 1.73 bits per heavy atom. The Morgan fingerprint density at radius 3 is 2.42 bits per heavy atom. The molecule has 0 radical (unpaired) electrons. The van der Waals surface area contributed by atoms with Gasteiger partial charge in [-0.15, -0.1) is 0 Å². The van der Waals surface area contributed by atoms with Crippen LogP contribution in [-0.2, 0) is 9.53 Å². The van der Waals surface area contributed by atoms with E-state index in [0.717, 1.165) is 34.2 Å². The van der Waals surface area contributed by atoms with Crippen LogP contribution in [0.5, 0.6) is 17.2 Å². The van der Waals surface area contributed by atoms with Gasteiger partial charge in [-0.1, -0.05) is 53.8 Å². The van der Waals surface area contributed by atoms with Crippen LogP contribution in [0.1, 0.15) is 31.0 Å². The van der Waals surface area contributed by atoms with Gasteiger partial charge in [0.15, 0.2) is 4.80 Å². The van der Waals surface area contributed by atoms with Gasteiger partial charge in [-0.05, 0) is 60.5 Å². The van der Waals surface area contributed by atoms with Crippen molar-refractivity contribution in [3.63, 3.8) is 0 Å². The van der Waals surface area contributed by atoms with E-state index in [9.17, 15) is 29.8 Å². The van der Waals surface area contributed by atoms with Gasteiger partial charge < -0.3 is 14.2 Å². The van der Waals surface area contributed by atoms with Crippen LogP contribution in [0.15, 0.2) is 99.9 Å². The number of esters is 1. The predicted molar refractivity (Wildman–Crippen MR) is 177 cm³/mol. The standard InChI is InChI=1S/C34H26N4O9S/c1-4-46-33(40)29-19(2)35-34-36(31(29)30-24-8-6-5-7-21(24)11-15-27(30)45-3)32(39)28(48-34)17-20-9-13-23(14-10-20)47-26-16-12-22(37(41)42)18-25(26)38(43)44/h5-18,31H,4H2,1-3H3/b28-17-/t31-/m1/s1. The Morgan fingerprint density at radius 1 is 1.00 bits per heavy atom. The number of non-ortho nitro benzene ring substituents is 1. The summed E-state index contributed by atoms with van der Waals surface area (Å²) in [5.41, 5.74) is 0.528. The van der Waals surface area contributed by atoms with E-state index in [1.165, 1.54) is 17.7 Å². The normalized spacial score (nSPS) is 14.3. The summed E-state index contributed by atoms with van der Waals surface area (Å²) in [6, 6.07) is 20.0. The summed E-state index contributed by atoms with van der Waals surface area (Å²) < 4.78 is 18.7. The number of carbonyl (C=O) groups is 1. The molecule has 0 fully saturated rings. The van der Waals surface area contributed by atoms with Crippen molar-refractivity contribution < 1.29 is 28.9 Å². The second-order valence-corrected chi connectivity index (χ2v) is 11.6. The highest BCUT2D eigenvalue weighted by molar-refractivity contribution is 7.07. The van der Waals surface area contributed by atoms with Crippen molar-refractivity contribution >= 4 is 45.5 Å². The fourth-order valence-electron chi connectivity index (χ4n) is 5.56. The van der Waals surface area contributed by atoms with E-state index >= 15 is 0 Å². The molecule has 2 heterocycles. The van der Waals surface area contributed by atoms with Crippen molar-refractivity contribution in [2.45, 2.75) is 19.9 Å². The van der Waals surface area contributed by atoms with E-state index in [0.29, 0.717) is 31.9 Å². The number of fused-ring (bicyclic) bond motifs is 2. The molecular formula is C34H26N4O9S. The van der Waals surface area contributed by atoms with E-state index in [2.05, 4.69) is 4.99 Å². The first kappa shape index (κ1) is 31.8. The van der Waals surface area contributed by atoms with E-state index in [1.807, 2.05) is 30.3 Å². The molecule has 1 aliphatic rings. The van der Waals surface area contributed by atoms with Gasteiger partial charge in [0.2, 0.25) is 5.75 Å². The number of nitro benzene ring substituents is 2. The topological polar surface area (TPSA) is 165 Å². The van der Waals surface area contributed by atoms with E-state index < -0.39 is 33.2 Å². The van der Waals surface area contributed by atoms with Crippen LogP contribution in [0.4, 0.5) is 11.4 Å². The maximum Gasteiger partial charge on any atom is 0.338 e. The summed E-state index contributed by atoms with van der Waals surface area (Å²) >= 11 is 1.16. The van der Waals surface area contributed by atoms with Gasteiger partial charge in [-0.25, -0.2) is 9.79 Å². The summed E-state index contributed by atoms with van der Waals surface area (Å²) in [5, 5.41) is 24.3. The Hall–Kier alpha value is -6.15. The van der Waals surface area contributed by atoms with Gasteiger partial charge in [0.05, 0.1) is 45.4 Å². The molecule has 6 rings (SSSR count). The molecule has 1 atom stereocenters. The van der Waals surface area contributed by atoms with Gasteiger partial charge in [-0.3, -0.25) is 29.6 Å². The van der Waals surface area contributed by atoms with Crippen LogP contribution in [-0.4, -0.2) is 34.1 Å².